The summed E-state index contributed by atoms with van der Waals surface area (Å²) >= 11 is 0. The summed E-state index contributed by atoms with van der Waals surface area (Å²) in [6.45, 7) is 0.592. The van der Waals surface area contributed by atoms with Crippen LogP contribution in [0.3, 0.4) is 0 Å². The predicted octanol–water partition coefficient (Wildman–Crippen LogP) is 0.982. The first kappa shape index (κ1) is 14.0. The van der Waals surface area contributed by atoms with Gasteiger partial charge in [-0.05, 0) is 12.1 Å². The Bertz CT molecular complexity index is 787. The van der Waals surface area contributed by atoms with Gasteiger partial charge in [-0.25, -0.2) is 4.98 Å². The van der Waals surface area contributed by atoms with E-state index in [1.807, 2.05) is 28.8 Å². The van der Waals surface area contributed by atoms with Crippen LogP contribution in [-0.2, 0) is 21.6 Å². The number of carbonyl (C=O) groups is 1. The minimum absolute atomic E-state index is 0.0693. The van der Waals surface area contributed by atoms with Crippen LogP contribution in [0, 0.1) is 5.92 Å². The van der Waals surface area contributed by atoms with E-state index in [0.29, 0.717) is 6.54 Å². The summed E-state index contributed by atoms with van der Waals surface area (Å²) in [6, 6.07) is 5.59. The van der Waals surface area contributed by atoms with Crippen molar-refractivity contribution >= 4 is 21.8 Å². The molecule has 3 rings (SSSR count). The lowest BCUT2D eigenvalue weighted by molar-refractivity contribution is -0.128. The third kappa shape index (κ3) is 3.05. The lowest BCUT2D eigenvalue weighted by atomic mass is 10.1. The zero-order valence-corrected chi connectivity index (χ0v) is 12.0. The Balaban J connectivity index is 1.75. The molecule has 6 nitrogen and oxygen atoms in total. The monoisotopic (exact) mass is 311 g/mol. The SMILES string of the molecule is O=C1CC(CS(=O)(=O)F)CN1Cc1cnc2ccccn12. The van der Waals surface area contributed by atoms with Crippen LogP contribution in [0.4, 0.5) is 3.89 Å². The van der Waals surface area contributed by atoms with Crippen molar-refractivity contribution in [2.75, 3.05) is 12.3 Å². The van der Waals surface area contributed by atoms with Crippen molar-refractivity contribution in [3.63, 3.8) is 0 Å². The van der Waals surface area contributed by atoms with Crippen molar-refractivity contribution in [1.29, 1.82) is 0 Å². The second-order valence-corrected chi connectivity index (χ2v) is 6.64. The molecule has 1 aliphatic rings. The second kappa shape index (κ2) is 5.10. The molecule has 21 heavy (non-hydrogen) atoms. The Labute approximate surface area is 121 Å². The van der Waals surface area contributed by atoms with Crippen molar-refractivity contribution in [2.24, 2.45) is 5.92 Å². The van der Waals surface area contributed by atoms with E-state index >= 15 is 0 Å². The van der Waals surface area contributed by atoms with Crippen LogP contribution in [-0.4, -0.2) is 40.9 Å². The minimum Gasteiger partial charge on any atom is -0.336 e. The van der Waals surface area contributed by atoms with E-state index < -0.39 is 21.9 Å². The van der Waals surface area contributed by atoms with Crippen molar-refractivity contribution in [1.82, 2.24) is 14.3 Å². The number of imidazole rings is 1. The molecule has 0 bridgehead atoms. The van der Waals surface area contributed by atoms with Gasteiger partial charge in [0.15, 0.2) is 0 Å². The first-order valence-corrected chi connectivity index (χ1v) is 8.09. The molecule has 0 aliphatic carbocycles. The second-order valence-electron chi connectivity index (χ2n) is 5.23. The van der Waals surface area contributed by atoms with Gasteiger partial charge in [0.1, 0.15) is 5.65 Å². The first-order valence-electron chi connectivity index (χ1n) is 6.53. The number of likely N-dealkylation sites (tertiary alicyclic amines) is 1. The van der Waals surface area contributed by atoms with E-state index in [9.17, 15) is 17.1 Å². The number of fused-ring (bicyclic) bond motifs is 1. The van der Waals surface area contributed by atoms with Gasteiger partial charge in [-0.2, -0.15) is 8.42 Å². The Kier molecular flexibility index (Phi) is 3.40. The van der Waals surface area contributed by atoms with Crippen molar-refractivity contribution in [3.05, 3.63) is 36.3 Å². The van der Waals surface area contributed by atoms with Gasteiger partial charge in [0.05, 0.1) is 24.2 Å². The zero-order valence-electron chi connectivity index (χ0n) is 11.1. The average Bonchev–Trinajstić information content (AvgIpc) is 2.93. The third-order valence-electron chi connectivity index (χ3n) is 3.58. The maximum absolute atomic E-state index is 12.7. The molecule has 8 heteroatoms. The topological polar surface area (TPSA) is 71.8 Å². The smallest absolute Gasteiger partial charge is 0.302 e. The fourth-order valence-electron chi connectivity index (χ4n) is 2.70. The Morgan fingerprint density at radius 3 is 2.95 bits per heavy atom. The van der Waals surface area contributed by atoms with Crippen LogP contribution in [0.2, 0.25) is 0 Å². The minimum atomic E-state index is -4.55. The highest BCUT2D eigenvalue weighted by molar-refractivity contribution is 7.86. The Hall–Kier alpha value is -1.96. The lowest BCUT2D eigenvalue weighted by Gasteiger charge is -2.15. The summed E-state index contributed by atoms with van der Waals surface area (Å²) in [5.74, 6) is -1.23. The van der Waals surface area contributed by atoms with Gasteiger partial charge in [0.25, 0.3) is 0 Å². The number of nitrogens with zero attached hydrogens (tertiary/aromatic N) is 3. The van der Waals surface area contributed by atoms with Gasteiger partial charge in [0.2, 0.25) is 5.91 Å². The van der Waals surface area contributed by atoms with Gasteiger partial charge in [-0.1, -0.05) is 6.07 Å². The van der Waals surface area contributed by atoms with E-state index in [-0.39, 0.29) is 18.9 Å². The van der Waals surface area contributed by atoms with E-state index in [1.54, 1.807) is 11.1 Å². The van der Waals surface area contributed by atoms with Gasteiger partial charge < -0.3 is 9.30 Å². The summed E-state index contributed by atoms with van der Waals surface area (Å²) < 4.78 is 35.9. The summed E-state index contributed by atoms with van der Waals surface area (Å²) in [5, 5.41) is 0. The number of amides is 1. The average molecular weight is 311 g/mol. The fourth-order valence-corrected chi connectivity index (χ4v) is 3.48. The Morgan fingerprint density at radius 2 is 2.19 bits per heavy atom. The molecule has 0 radical (unpaired) electrons. The van der Waals surface area contributed by atoms with E-state index in [1.165, 1.54) is 0 Å². The molecule has 1 fully saturated rings. The lowest BCUT2D eigenvalue weighted by Crippen LogP contribution is -2.26. The van der Waals surface area contributed by atoms with Crippen LogP contribution < -0.4 is 0 Å². The molecule has 1 saturated heterocycles. The normalized spacial score (nSPS) is 19.6. The predicted molar refractivity (Wildman–Crippen MR) is 73.6 cm³/mol. The molecule has 2 aromatic rings. The fraction of sp³-hybridized carbons (Fsp3) is 0.385. The maximum atomic E-state index is 12.7. The van der Waals surface area contributed by atoms with E-state index in [4.69, 9.17) is 0 Å². The number of aromatic nitrogens is 2. The molecule has 0 aromatic carbocycles. The zero-order chi connectivity index (χ0) is 15.0. The number of carbonyl (C=O) groups excluding carboxylic acids is 1. The van der Waals surface area contributed by atoms with Gasteiger partial charge >= 0.3 is 10.2 Å². The van der Waals surface area contributed by atoms with Gasteiger partial charge in [-0.3, -0.25) is 4.79 Å². The molecule has 0 spiro atoms. The largest absolute Gasteiger partial charge is 0.336 e. The maximum Gasteiger partial charge on any atom is 0.302 e. The number of rotatable bonds is 4. The van der Waals surface area contributed by atoms with Crippen molar-refractivity contribution in [2.45, 2.75) is 13.0 Å². The summed E-state index contributed by atoms with van der Waals surface area (Å²) in [4.78, 5) is 17.7. The highest BCUT2D eigenvalue weighted by Gasteiger charge is 2.33. The third-order valence-corrected chi connectivity index (χ3v) is 4.45. The molecular weight excluding hydrogens is 297 g/mol. The number of halogens is 1. The van der Waals surface area contributed by atoms with Gasteiger partial charge in [0, 0.05) is 25.1 Å². The van der Waals surface area contributed by atoms with Crippen LogP contribution in [0.15, 0.2) is 30.6 Å². The molecule has 1 aliphatic heterocycles. The molecular formula is C13H14FN3O3S. The molecule has 0 N–H and O–H groups in total. The van der Waals surface area contributed by atoms with E-state index in [2.05, 4.69) is 4.98 Å². The summed E-state index contributed by atoms with van der Waals surface area (Å²) in [5.41, 5.74) is 1.62. The van der Waals surface area contributed by atoms with Crippen LogP contribution in [0.25, 0.3) is 5.65 Å². The quantitative estimate of drug-likeness (QED) is 0.789. The molecule has 112 valence electrons. The number of hydrogen-bond acceptors (Lipinski definition) is 4. The summed E-state index contributed by atoms with van der Waals surface area (Å²) in [6.07, 6.45) is 3.60. The highest BCUT2D eigenvalue weighted by Crippen LogP contribution is 2.22. The van der Waals surface area contributed by atoms with Crippen molar-refractivity contribution in [3.8, 4) is 0 Å². The van der Waals surface area contributed by atoms with E-state index in [0.717, 1.165) is 11.3 Å². The first-order chi connectivity index (χ1) is 9.92. The highest BCUT2D eigenvalue weighted by atomic mass is 32.3. The molecule has 1 unspecified atom stereocenters. The molecule has 2 aromatic heterocycles. The van der Waals surface area contributed by atoms with Gasteiger partial charge in [-0.15, -0.1) is 3.89 Å². The summed E-state index contributed by atoms with van der Waals surface area (Å²) in [7, 11) is -4.55. The van der Waals surface area contributed by atoms with Crippen molar-refractivity contribution < 1.29 is 17.1 Å². The standard InChI is InChI=1S/C13H14FN3O3S/c14-21(19,20)9-10-5-13(18)16(7-10)8-11-6-15-12-3-1-2-4-17(11)12/h1-4,6,10H,5,7-9H2. The number of hydrogen-bond donors (Lipinski definition) is 0. The van der Waals surface area contributed by atoms with Crippen LogP contribution in [0.1, 0.15) is 12.1 Å². The molecule has 1 amide bonds. The number of pyridine rings is 1. The molecule has 3 heterocycles. The molecule has 1 atom stereocenters. The van der Waals surface area contributed by atoms with Crippen LogP contribution >= 0.6 is 0 Å². The Morgan fingerprint density at radius 1 is 1.38 bits per heavy atom. The molecule has 0 saturated carbocycles. The van der Waals surface area contributed by atoms with Crippen LogP contribution in [0.5, 0.6) is 0 Å².